The van der Waals surface area contributed by atoms with Crippen LogP contribution in [0.4, 0.5) is 0 Å². The second-order valence-electron chi connectivity index (χ2n) is 3.77. The van der Waals surface area contributed by atoms with E-state index in [9.17, 15) is 0 Å². The van der Waals surface area contributed by atoms with E-state index in [2.05, 4.69) is 15.5 Å². The second kappa shape index (κ2) is 4.72. The van der Waals surface area contributed by atoms with E-state index in [0.717, 1.165) is 19.4 Å². The maximum absolute atomic E-state index is 5.26. The van der Waals surface area contributed by atoms with E-state index in [0.29, 0.717) is 11.7 Å². The quantitative estimate of drug-likeness (QED) is 0.819. The van der Waals surface area contributed by atoms with Crippen molar-refractivity contribution < 1.29 is 9.26 Å². The first-order valence-electron chi connectivity index (χ1n) is 5.44. The zero-order valence-electron chi connectivity index (χ0n) is 9.19. The lowest BCUT2D eigenvalue weighted by Gasteiger charge is -2.06. The largest absolute Gasteiger partial charge is 0.373 e. The highest BCUT2D eigenvalue weighted by molar-refractivity contribution is 4.97. The molecular weight excluding hydrogens is 194 g/mol. The summed E-state index contributed by atoms with van der Waals surface area (Å²) in [5.41, 5.74) is 0. The molecule has 0 aliphatic carbocycles. The Kier molecular flexibility index (Phi) is 3.33. The molecule has 0 radical (unpaired) electrons. The van der Waals surface area contributed by atoms with Crippen molar-refractivity contribution in [2.45, 2.75) is 38.3 Å². The van der Waals surface area contributed by atoms with Crippen LogP contribution >= 0.6 is 0 Å². The highest BCUT2D eigenvalue weighted by Crippen LogP contribution is 2.24. The monoisotopic (exact) mass is 211 g/mol. The van der Waals surface area contributed by atoms with Gasteiger partial charge >= 0.3 is 0 Å². The van der Waals surface area contributed by atoms with Gasteiger partial charge in [-0.1, -0.05) is 12.1 Å². The van der Waals surface area contributed by atoms with Crippen LogP contribution in [0.1, 0.15) is 50.0 Å². The van der Waals surface area contributed by atoms with E-state index in [1.807, 2.05) is 6.92 Å². The molecule has 5 nitrogen and oxygen atoms in total. The fourth-order valence-corrected chi connectivity index (χ4v) is 1.87. The summed E-state index contributed by atoms with van der Waals surface area (Å²) in [6.07, 6.45) is 3.05. The van der Waals surface area contributed by atoms with Gasteiger partial charge in [0.2, 0.25) is 11.7 Å². The summed E-state index contributed by atoms with van der Waals surface area (Å²) >= 11 is 0. The Morgan fingerprint density at radius 3 is 3.13 bits per heavy atom. The molecule has 1 unspecified atom stereocenters. The van der Waals surface area contributed by atoms with Crippen molar-refractivity contribution in [2.75, 3.05) is 13.7 Å². The van der Waals surface area contributed by atoms with Gasteiger partial charge in [-0.25, -0.2) is 0 Å². The molecule has 1 N–H and O–H groups in total. The first kappa shape index (κ1) is 10.6. The molecule has 2 rings (SSSR count). The van der Waals surface area contributed by atoms with Gasteiger partial charge in [0.1, 0.15) is 6.10 Å². The van der Waals surface area contributed by atoms with Crippen molar-refractivity contribution >= 4 is 0 Å². The van der Waals surface area contributed by atoms with E-state index < -0.39 is 0 Å². The molecule has 5 heteroatoms. The number of ether oxygens (including phenoxy) is 1. The van der Waals surface area contributed by atoms with E-state index in [-0.39, 0.29) is 12.1 Å². The van der Waals surface area contributed by atoms with Crippen molar-refractivity contribution in [1.29, 1.82) is 0 Å². The van der Waals surface area contributed by atoms with E-state index >= 15 is 0 Å². The summed E-state index contributed by atoms with van der Waals surface area (Å²) in [6, 6.07) is 0.237. The van der Waals surface area contributed by atoms with E-state index in [1.165, 1.54) is 6.42 Å². The Labute approximate surface area is 89.2 Å². The maximum atomic E-state index is 5.26. The maximum Gasteiger partial charge on any atom is 0.243 e. The minimum atomic E-state index is -0.0519. The molecule has 0 saturated carbocycles. The Hall–Kier alpha value is -0.940. The number of rotatable bonds is 4. The minimum Gasteiger partial charge on any atom is -0.373 e. The van der Waals surface area contributed by atoms with Crippen LogP contribution in [-0.2, 0) is 4.74 Å². The molecule has 1 aromatic heterocycles. The summed E-state index contributed by atoms with van der Waals surface area (Å²) < 4.78 is 10.5. The van der Waals surface area contributed by atoms with E-state index in [4.69, 9.17) is 9.26 Å². The first-order valence-corrected chi connectivity index (χ1v) is 5.44. The predicted octanol–water partition coefficient (Wildman–Crippen LogP) is 1.59. The summed E-state index contributed by atoms with van der Waals surface area (Å²) in [5, 5.41) is 7.28. The van der Waals surface area contributed by atoms with Gasteiger partial charge in [-0.15, -0.1) is 0 Å². The molecule has 84 valence electrons. The topological polar surface area (TPSA) is 60.2 Å². The second-order valence-corrected chi connectivity index (χ2v) is 3.77. The number of hydrogen-bond donors (Lipinski definition) is 1. The number of methoxy groups -OCH3 is 1. The fraction of sp³-hybridized carbons (Fsp3) is 0.800. The molecule has 2 heterocycles. The number of aromatic nitrogens is 2. The number of nitrogens with zero attached hydrogens (tertiary/aromatic N) is 2. The lowest BCUT2D eigenvalue weighted by atomic mass is 10.2. The summed E-state index contributed by atoms with van der Waals surface area (Å²) in [7, 11) is 1.66. The molecule has 0 spiro atoms. The van der Waals surface area contributed by atoms with Crippen molar-refractivity contribution in [3.63, 3.8) is 0 Å². The average Bonchev–Trinajstić information content (AvgIpc) is 2.89. The number of nitrogens with one attached hydrogen (secondary N) is 1. The van der Waals surface area contributed by atoms with Crippen molar-refractivity contribution in [1.82, 2.24) is 15.5 Å². The van der Waals surface area contributed by atoms with Crippen molar-refractivity contribution in [3.8, 4) is 0 Å². The summed E-state index contributed by atoms with van der Waals surface area (Å²) in [5.74, 6) is 1.35. The SMILES string of the molecule is CCC(OC)c1noc([C@H]2CCCN2)n1. The highest BCUT2D eigenvalue weighted by atomic mass is 16.5. The molecule has 2 atom stereocenters. The average molecular weight is 211 g/mol. The fourth-order valence-electron chi connectivity index (χ4n) is 1.87. The molecule has 1 aliphatic rings. The lowest BCUT2D eigenvalue weighted by Crippen LogP contribution is -2.13. The van der Waals surface area contributed by atoms with Gasteiger partial charge in [-0.3, -0.25) is 0 Å². The van der Waals surface area contributed by atoms with Crippen LogP contribution in [0.2, 0.25) is 0 Å². The molecule has 15 heavy (non-hydrogen) atoms. The summed E-state index contributed by atoms with van der Waals surface area (Å²) in [4.78, 5) is 4.37. The van der Waals surface area contributed by atoms with Crippen LogP contribution in [0.15, 0.2) is 4.52 Å². The molecule has 0 aromatic carbocycles. The van der Waals surface area contributed by atoms with E-state index in [1.54, 1.807) is 7.11 Å². The predicted molar refractivity (Wildman–Crippen MR) is 54.3 cm³/mol. The van der Waals surface area contributed by atoms with Gasteiger partial charge in [0.05, 0.1) is 6.04 Å². The van der Waals surface area contributed by atoms with Gasteiger partial charge in [0.25, 0.3) is 0 Å². The van der Waals surface area contributed by atoms with Gasteiger partial charge in [-0.05, 0) is 25.8 Å². The number of hydrogen-bond acceptors (Lipinski definition) is 5. The van der Waals surface area contributed by atoms with Crippen LogP contribution in [0, 0.1) is 0 Å². The van der Waals surface area contributed by atoms with Crippen LogP contribution in [-0.4, -0.2) is 23.8 Å². The van der Waals surface area contributed by atoms with Crippen LogP contribution in [0.25, 0.3) is 0 Å². The van der Waals surface area contributed by atoms with Gasteiger partial charge in [0.15, 0.2) is 0 Å². The zero-order chi connectivity index (χ0) is 10.7. The zero-order valence-corrected chi connectivity index (χ0v) is 9.19. The third kappa shape index (κ3) is 2.18. The minimum absolute atomic E-state index is 0.0519. The van der Waals surface area contributed by atoms with Gasteiger partial charge in [0, 0.05) is 7.11 Å². The Balaban J connectivity index is 2.08. The molecular formula is C10H17N3O2. The van der Waals surface area contributed by atoms with Gasteiger partial charge < -0.3 is 14.6 Å². The Morgan fingerprint density at radius 1 is 1.67 bits per heavy atom. The van der Waals surface area contributed by atoms with Crippen LogP contribution < -0.4 is 5.32 Å². The Bertz CT molecular complexity index is 287. The Morgan fingerprint density at radius 2 is 2.53 bits per heavy atom. The molecule has 1 fully saturated rings. The standard InChI is InChI=1S/C10H17N3O2/c1-3-8(14-2)9-12-10(15-13-9)7-5-4-6-11-7/h7-8,11H,3-6H2,1-2H3/t7-,8?/m1/s1. The molecule has 1 aliphatic heterocycles. The third-order valence-electron chi connectivity index (χ3n) is 2.76. The van der Waals surface area contributed by atoms with Crippen molar-refractivity contribution in [3.05, 3.63) is 11.7 Å². The lowest BCUT2D eigenvalue weighted by molar-refractivity contribution is 0.0903. The molecule has 1 saturated heterocycles. The highest BCUT2D eigenvalue weighted by Gasteiger charge is 2.24. The van der Waals surface area contributed by atoms with Crippen LogP contribution in [0.5, 0.6) is 0 Å². The van der Waals surface area contributed by atoms with Crippen LogP contribution in [0.3, 0.4) is 0 Å². The molecule has 1 aromatic rings. The first-order chi connectivity index (χ1) is 7.35. The molecule has 0 amide bonds. The molecule has 0 bridgehead atoms. The van der Waals surface area contributed by atoms with Crippen molar-refractivity contribution in [2.24, 2.45) is 0 Å². The summed E-state index contributed by atoms with van der Waals surface area (Å²) in [6.45, 7) is 3.07. The smallest absolute Gasteiger partial charge is 0.243 e. The normalized spacial score (nSPS) is 23.2. The third-order valence-corrected chi connectivity index (χ3v) is 2.76. The van der Waals surface area contributed by atoms with Gasteiger partial charge in [-0.2, -0.15) is 4.98 Å².